The third-order valence-corrected chi connectivity index (χ3v) is 4.40. The summed E-state index contributed by atoms with van der Waals surface area (Å²) in [5, 5.41) is 4.82. The highest BCUT2D eigenvalue weighted by molar-refractivity contribution is 8.00. The van der Waals surface area contributed by atoms with Crippen molar-refractivity contribution in [3.05, 3.63) is 53.1 Å². The zero-order valence-electron chi connectivity index (χ0n) is 13.5. The minimum atomic E-state index is -4.56. The molecule has 4 nitrogen and oxygen atoms in total. The van der Waals surface area contributed by atoms with Crippen molar-refractivity contribution in [2.75, 3.05) is 16.4 Å². The van der Waals surface area contributed by atoms with Gasteiger partial charge in [0.05, 0.1) is 16.3 Å². The maximum atomic E-state index is 12.8. The van der Waals surface area contributed by atoms with E-state index in [-0.39, 0.29) is 21.6 Å². The first-order valence-electron chi connectivity index (χ1n) is 7.32. The van der Waals surface area contributed by atoms with Crippen LogP contribution in [0.25, 0.3) is 0 Å². The molecule has 0 saturated heterocycles. The van der Waals surface area contributed by atoms with Gasteiger partial charge in [-0.15, -0.1) is 11.8 Å². The van der Waals surface area contributed by atoms with E-state index in [0.717, 1.165) is 23.9 Å². The van der Waals surface area contributed by atoms with E-state index in [1.54, 1.807) is 24.3 Å². The van der Waals surface area contributed by atoms with Gasteiger partial charge in [0.1, 0.15) is 0 Å². The zero-order chi connectivity index (χ0) is 19.3. The largest absolute Gasteiger partial charge is 0.417 e. The number of amides is 2. The van der Waals surface area contributed by atoms with Gasteiger partial charge in [0, 0.05) is 23.2 Å². The van der Waals surface area contributed by atoms with E-state index >= 15 is 0 Å². The molecule has 0 aliphatic carbocycles. The smallest absolute Gasteiger partial charge is 0.326 e. The van der Waals surface area contributed by atoms with Crippen molar-refractivity contribution in [3.8, 4) is 0 Å². The van der Waals surface area contributed by atoms with Gasteiger partial charge in [-0.2, -0.15) is 13.2 Å². The molecule has 2 aromatic rings. The number of nitrogens with one attached hydrogen (secondary N) is 2. The standard InChI is InChI=1S/C17H14ClF3N2O2S/c1-10(24)22-11-3-2-4-12(7-11)23-16(25)9-26-13-5-6-15(18)14(8-13)17(19,20)21/h2-8H,9H2,1H3,(H,22,24)(H,23,25). The summed E-state index contributed by atoms with van der Waals surface area (Å²) in [5.74, 6) is -0.714. The quantitative estimate of drug-likeness (QED) is 0.688. The van der Waals surface area contributed by atoms with Crippen molar-refractivity contribution >= 4 is 46.6 Å². The molecule has 0 aliphatic rings. The number of hydrogen-bond donors (Lipinski definition) is 2. The fraction of sp³-hybridized carbons (Fsp3) is 0.176. The Morgan fingerprint density at radius 1 is 1.08 bits per heavy atom. The van der Waals surface area contributed by atoms with Crippen LogP contribution in [0.1, 0.15) is 12.5 Å². The van der Waals surface area contributed by atoms with Crippen LogP contribution in [-0.4, -0.2) is 17.6 Å². The van der Waals surface area contributed by atoms with Gasteiger partial charge in [0.2, 0.25) is 11.8 Å². The number of halogens is 4. The Labute approximate surface area is 157 Å². The molecule has 0 unspecified atom stereocenters. The molecule has 138 valence electrons. The Balaban J connectivity index is 1.98. The van der Waals surface area contributed by atoms with E-state index < -0.39 is 17.6 Å². The first-order valence-corrected chi connectivity index (χ1v) is 8.68. The summed E-state index contributed by atoms with van der Waals surface area (Å²) in [6.45, 7) is 1.36. The predicted molar refractivity (Wildman–Crippen MR) is 96.6 cm³/mol. The molecule has 2 aromatic carbocycles. The molecular formula is C17H14ClF3N2O2S. The van der Waals surface area contributed by atoms with Gasteiger partial charge in [-0.05, 0) is 36.4 Å². The van der Waals surface area contributed by atoms with Crippen molar-refractivity contribution in [1.82, 2.24) is 0 Å². The second kappa shape index (κ2) is 8.46. The average molecular weight is 403 g/mol. The van der Waals surface area contributed by atoms with E-state index in [2.05, 4.69) is 10.6 Å². The second-order valence-corrected chi connectivity index (χ2v) is 6.69. The Bertz CT molecular complexity index is 828. The molecule has 0 aromatic heterocycles. The molecule has 0 aliphatic heterocycles. The summed E-state index contributed by atoms with van der Waals surface area (Å²) < 4.78 is 38.5. The lowest BCUT2D eigenvalue weighted by atomic mass is 10.2. The lowest BCUT2D eigenvalue weighted by Gasteiger charge is -2.11. The van der Waals surface area contributed by atoms with Crippen molar-refractivity contribution < 1.29 is 22.8 Å². The van der Waals surface area contributed by atoms with Crippen LogP contribution < -0.4 is 10.6 Å². The molecule has 0 fully saturated rings. The van der Waals surface area contributed by atoms with Crippen LogP contribution in [0.5, 0.6) is 0 Å². The molecule has 26 heavy (non-hydrogen) atoms. The van der Waals surface area contributed by atoms with E-state index in [0.29, 0.717) is 11.4 Å². The normalized spacial score (nSPS) is 11.1. The number of thioether (sulfide) groups is 1. The second-order valence-electron chi connectivity index (χ2n) is 5.24. The van der Waals surface area contributed by atoms with Crippen LogP contribution in [-0.2, 0) is 15.8 Å². The van der Waals surface area contributed by atoms with Gasteiger partial charge in [-0.1, -0.05) is 17.7 Å². The summed E-state index contributed by atoms with van der Waals surface area (Å²) in [7, 11) is 0. The van der Waals surface area contributed by atoms with Crippen molar-refractivity contribution in [3.63, 3.8) is 0 Å². The number of rotatable bonds is 5. The Morgan fingerprint density at radius 2 is 1.73 bits per heavy atom. The van der Waals surface area contributed by atoms with Crippen LogP contribution >= 0.6 is 23.4 Å². The molecule has 0 atom stereocenters. The summed E-state index contributed by atoms with van der Waals surface area (Å²) in [6.07, 6.45) is -4.56. The monoisotopic (exact) mass is 402 g/mol. The number of hydrogen-bond acceptors (Lipinski definition) is 3. The molecule has 0 spiro atoms. The highest BCUT2D eigenvalue weighted by atomic mass is 35.5. The summed E-state index contributed by atoms with van der Waals surface area (Å²) in [6, 6.07) is 10.0. The van der Waals surface area contributed by atoms with Gasteiger partial charge in [0.15, 0.2) is 0 Å². The van der Waals surface area contributed by atoms with Crippen molar-refractivity contribution in [2.45, 2.75) is 18.0 Å². The molecule has 0 saturated carbocycles. The lowest BCUT2D eigenvalue weighted by molar-refractivity contribution is -0.137. The van der Waals surface area contributed by atoms with E-state index in [9.17, 15) is 22.8 Å². The van der Waals surface area contributed by atoms with E-state index in [1.807, 2.05) is 0 Å². The Hall–Kier alpha value is -2.19. The highest BCUT2D eigenvalue weighted by Gasteiger charge is 2.33. The van der Waals surface area contributed by atoms with Crippen LogP contribution in [0.2, 0.25) is 5.02 Å². The fourth-order valence-corrected chi connectivity index (χ4v) is 3.00. The SMILES string of the molecule is CC(=O)Nc1cccc(NC(=O)CSc2ccc(Cl)c(C(F)(F)F)c2)c1. The van der Waals surface area contributed by atoms with Crippen molar-refractivity contribution in [1.29, 1.82) is 0 Å². The Kier molecular flexibility index (Phi) is 6.55. The number of benzene rings is 2. The van der Waals surface area contributed by atoms with E-state index in [1.165, 1.54) is 13.0 Å². The first kappa shape index (κ1) is 20.1. The molecular weight excluding hydrogens is 389 g/mol. The lowest BCUT2D eigenvalue weighted by Crippen LogP contribution is -2.14. The fourth-order valence-electron chi connectivity index (χ4n) is 2.04. The zero-order valence-corrected chi connectivity index (χ0v) is 15.1. The molecule has 0 bridgehead atoms. The van der Waals surface area contributed by atoms with Gasteiger partial charge >= 0.3 is 6.18 Å². The van der Waals surface area contributed by atoms with Gasteiger partial charge < -0.3 is 10.6 Å². The summed E-state index contributed by atoms with van der Waals surface area (Å²) in [4.78, 5) is 23.3. The molecule has 0 heterocycles. The topological polar surface area (TPSA) is 58.2 Å². The molecule has 2 rings (SSSR count). The number of carbonyl (C=O) groups is 2. The highest BCUT2D eigenvalue weighted by Crippen LogP contribution is 2.37. The maximum absolute atomic E-state index is 12.8. The van der Waals surface area contributed by atoms with Crippen LogP contribution in [0.15, 0.2) is 47.4 Å². The van der Waals surface area contributed by atoms with Crippen molar-refractivity contribution in [2.24, 2.45) is 0 Å². The predicted octanol–water partition coefficient (Wildman–Crippen LogP) is 5.05. The maximum Gasteiger partial charge on any atom is 0.417 e. The third kappa shape index (κ3) is 5.96. The molecule has 0 radical (unpaired) electrons. The number of carbonyl (C=O) groups excluding carboxylic acids is 2. The molecule has 2 N–H and O–H groups in total. The summed E-state index contributed by atoms with van der Waals surface area (Å²) >= 11 is 6.52. The molecule has 9 heteroatoms. The summed E-state index contributed by atoms with van der Waals surface area (Å²) in [5.41, 5.74) is 0.0528. The van der Waals surface area contributed by atoms with E-state index in [4.69, 9.17) is 11.6 Å². The van der Waals surface area contributed by atoms with Crippen LogP contribution in [0, 0.1) is 0 Å². The van der Waals surface area contributed by atoms with Crippen LogP contribution in [0.3, 0.4) is 0 Å². The minimum absolute atomic E-state index is 0.0801. The first-order chi connectivity index (χ1) is 12.1. The molecule has 2 amide bonds. The van der Waals surface area contributed by atoms with Gasteiger partial charge in [-0.25, -0.2) is 0 Å². The Morgan fingerprint density at radius 3 is 2.35 bits per heavy atom. The van der Waals surface area contributed by atoms with Crippen LogP contribution in [0.4, 0.5) is 24.5 Å². The number of alkyl halides is 3. The minimum Gasteiger partial charge on any atom is -0.326 e. The number of anilines is 2. The van der Waals surface area contributed by atoms with Gasteiger partial charge in [0.25, 0.3) is 0 Å². The van der Waals surface area contributed by atoms with Gasteiger partial charge in [-0.3, -0.25) is 9.59 Å². The average Bonchev–Trinajstić information content (AvgIpc) is 2.52. The third-order valence-electron chi connectivity index (χ3n) is 3.08.